The molecule has 24 heavy (non-hydrogen) atoms. The Morgan fingerprint density at radius 2 is 2.04 bits per heavy atom. The number of rotatable bonds is 5. The number of nitro benzene ring substituents is 1. The first-order chi connectivity index (χ1) is 11.6. The predicted molar refractivity (Wildman–Crippen MR) is 90.1 cm³/mol. The van der Waals surface area contributed by atoms with Gasteiger partial charge >= 0.3 is 0 Å². The molecule has 0 aliphatic heterocycles. The third kappa shape index (κ3) is 3.25. The number of aromatic nitrogens is 2. The quantitative estimate of drug-likeness (QED) is 0.408. The Kier molecular flexibility index (Phi) is 4.25. The van der Waals surface area contributed by atoms with Crippen LogP contribution in [0.15, 0.2) is 46.9 Å². The second-order valence-electron chi connectivity index (χ2n) is 4.76. The summed E-state index contributed by atoms with van der Waals surface area (Å²) in [6.45, 7) is 0. The van der Waals surface area contributed by atoms with Gasteiger partial charge in [0.25, 0.3) is 10.5 Å². The van der Waals surface area contributed by atoms with Crippen molar-refractivity contribution in [1.29, 1.82) is 0 Å². The number of nitro groups is 1. The van der Waals surface area contributed by atoms with Gasteiger partial charge in [-0.05, 0) is 48.6 Å². The maximum atomic E-state index is 11.4. The number of nitrogens with one attached hydrogen (secondary N) is 2. The van der Waals surface area contributed by atoms with Gasteiger partial charge in [0, 0.05) is 17.3 Å². The van der Waals surface area contributed by atoms with Crippen LogP contribution in [0, 0.1) is 15.0 Å². The monoisotopic (exact) mass is 344 g/mol. The first-order valence-electron chi connectivity index (χ1n) is 6.82. The van der Waals surface area contributed by atoms with Crippen LogP contribution in [0.3, 0.4) is 0 Å². The number of hydrogen-bond acceptors (Lipinski definition) is 7. The smallest absolute Gasteiger partial charge is 0.293 e. The van der Waals surface area contributed by atoms with Gasteiger partial charge in [-0.25, -0.2) is 5.10 Å². The summed E-state index contributed by atoms with van der Waals surface area (Å²) < 4.78 is 10.3. The van der Waals surface area contributed by atoms with E-state index < -0.39 is 4.92 Å². The lowest BCUT2D eigenvalue weighted by molar-refractivity contribution is -0.383. The number of H-pyrrole nitrogens is 1. The molecule has 0 spiro atoms. The van der Waals surface area contributed by atoms with Crippen molar-refractivity contribution < 1.29 is 14.1 Å². The Bertz CT molecular complexity index is 933. The number of nitrogens with zero attached hydrogens (tertiary/aromatic N) is 2. The molecule has 3 aromatic rings. The zero-order valence-corrected chi connectivity index (χ0v) is 13.3. The van der Waals surface area contributed by atoms with E-state index >= 15 is 0 Å². The van der Waals surface area contributed by atoms with Gasteiger partial charge < -0.3 is 14.5 Å². The number of methoxy groups -OCH3 is 1. The molecule has 1 aromatic heterocycles. The molecule has 0 atom stereocenters. The lowest BCUT2D eigenvalue weighted by Gasteiger charge is -2.08. The molecule has 0 aliphatic carbocycles. The Hall–Kier alpha value is -3.20. The highest BCUT2D eigenvalue weighted by Gasteiger charge is 2.17. The van der Waals surface area contributed by atoms with E-state index in [2.05, 4.69) is 15.5 Å². The van der Waals surface area contributed by atoms with Crippen molar-refractivity contribution in [2.75, 3.05) is 12.4 Å². The lowest BCUT2D eigenvalue weighted by atomic mass is 10.1. The molecule has 0 saturated heterocycles. The van der Waals surface area contributed by atoms with Gasteiger partial charge in [-0.3, -0.25) is 10.1 Å². The maximum Gasteiger partial charge on any atom is 0.293 e. The molecule has 3 rings (SSSR count). The van der Waals surface area contributed by atoms with E-state index in [4.69, 9.17) is 21.4 Å². The maximum absolute atomic E-state index is 11.4. The minimum absolute atomic E-state index is 0.104. The fraction of sp³-hybridized carbons (Fsp3) is 0.0667. The van der Waals surface area contributed by atoms with Crippen LogP contribution in [0.4, 0.5) is 17.1 Å². The zero-order valence-electron chi connectivity index (χ0n) is 12.5. The van der Waals surface area contributed by atoms with Crippen LogP contribution >= 0.6 is 12.2 Å². The van der Waals surface area contributed by atoms with Crippen LogP contribution in [0.2, 0.25) is 0 Å². The molecule has 0 aliphatic rings. The minimum atomic E-state index is -0.476. The SMILES string of the molecule is COc1ccc(Nc2ccc(-c3n[nH]c(=S)o3)cc2[N+](=O)[O-])cc1. The summed E-state index contributed by atoms with van der Waals surface area (Å²) in [7, 11) is 1.57. The summed E-state index contributed by atoms with van der Waals surface area (Å²) in [5, 5.41) is 20.7. The Balaban J connectivity index is 1.95. The second-order valence-corrected chi connectivity index (χ2v) is 5.13. The Labute approximate surface area is 141 Å². The molecule has 0 fully saturated rings. The molecule has 1 heterocycles. The van der Waals surface area contributed by atoms with Crippen molar-refractivity contribution in [1.82, 2.24) is 10.2 Å². The molecule has 9 heteroatoms. The van der Waals surface area contributed by atoms with Crippen molar-refractivity contribution in [2.24, 2.45) is 0 Å². The van der Waals surface area contributed by atoms with E-state index in [0.717, 1.165) is 0 Å². The van der Waals surface area contributed by atoms with E-state index in [1.807, 2.05) is 0 Å². The van der Waals surface area contributed by atoms with Gasteiger partial charge in [-0.15, -0.1) is 5.10 Å². The second kappa shape index (κ2) is 6.50. The van der Waals surface area contributed by atoms with Gasteiger partial charge in [-0.2, -0.15) is 0 Å². The largest absolute Gasteiger partial charge is 0.497 e. The summed E-state index contributed by atoms with van der Waals surface area (Å²) >= 11 is 4.81. The highest BCUT2D eigenvalue weighted by molar-refractivity contribution is 7.71. The first-order valence-corrected chi connectivity index (χ1v) is 7.23. The van der Waals surface area contributed by atoms with E-state index in [1.165, 1.54) is 6.07 Å². The van der Waals surface area contributed by atoms with Gasteiger partial charge in [0.2, 0.25) is 5.89 Å². The Morgan fingerprint density at radius 1 is 1.29 bits per heavy atom. The summed E-state index contributed by atoms with van der Waals surface area (Å²) in [6.07, 6.45) is 0. The number of hydrogen-bond donors (Lipinski definition) is 2. The van der Waals surface area contributed by atoms with Crippen molar-refractivity contribution in [3.8, 4) is 17.2 Å². The van der Waals surface area contributed by atoms with E-state index in [1.54, 1.807) is 43.5 Å². The molecule has 0 amide bonds. The van der Waals surface area contributed by atoms with Crippen molar-refractivity contribution in [2.45, 2.75) is 0 Å². The van der Waals surface area contributed by atoms with Crippen molar-refractivity contribution >= 4 is 29.3 Å². The highest BCUT2D eigenvalue weighted by Crippen LogP contribution is 2.32. The molecule has 0 radical (unpaired) electrons. The van der Waals surface area contributed by atoms with Crippen molar-refractivity contribution in [3.63, 3.8) is 0 Å². The van der Waals surface area contributed by atoms with E-state index in [9.17, 15) is 10.1 Å². The predicted octanol–water partition coefficient (Wildman–Crippen LogP) is 4.06. The minimum Gasteiger partial charge on any atom is -0.497 e. The third-order valence-electron chi connectivity index (χ3n) is 3.25. The molecule has 8 nitrogen and oxygen atoms in total. The number of aromatic amines is 1. The van der Waals surface area contributed by atoms with Crippen LogP contribution in [-0.2, 0) is 0 Å². The molecule has 2 aromatic carbocycles. The summed E-state index contributed by atoms with van der Waals surface area (Å²) in [4.78, 5) is 11.0. The Morgan fingerprint density at radius 3 is 2.62 bits per heavy atom. The summed E-state index contributed by atoms with van der Waals surface area (Å²) in [6, 6.07) is 11.7. The molecular weight excluding hydrogens is 332 g/mol. The van der Waals surface area contributed by atoms with Gasteiger partial charge in [0.15, 0.2) is 0 Å². The molecular formula is C15H12N4O4S. The lowest BCUT2D eigenvalue weighted by Crippen LogP contribution is -1.97. The average Bonchev–Trinajstić information content (AvgIpc) is 3.02. The molecule has 122 valence electrons. The van der Waals surface area contributed by atoms with Gasteiger partial charge in [0.1, 0.15) is 11.4 Å². The van der Waals surface area contributed by atoms with Gasteiger partial charge in [-0.1, -0.05) is 0 Å². The topological polar surface area (TPSA) is 106 Å². The van der Waals surface area contributed by atoms with Crippen LogP contribution in [0.5, 0.6) is 5.75 Å². The van der Waals surface area contributed by atoms with E-state index in [0.29, 0.717) is 22.7 Å². The number of ether oxygens (including phenoxy) is 1. The third-order valence-corrected chi connectivity index (χ3v) is 3.42. The number of benzene rings is 2. The fourth-order valence-corrected chi connectivity index (χ4v) is 2.23. The first kappa shape index (κ1) is 15.7. The highest BCUT2D eigenvalue weighted by atomic mass is 32.1. The van der Waals surface area contributed by atoms with Crippen molar-refractivity contribution in [3.05, 3.63) is 57.4 Å². The fourth-order valence-electron chi connectivity index (χ4n) is 2.10. The van der Waals surface area contributed by atoms with Crippen LogP contribution < -0.4 is 10.1 Å². The molecule has 0 bridgehead atoms. The molecule has 0 saturated carbocycles. The summed E-state index contributed by atoms with van der Waals surface area (Å²) in [5.41, 5.74) is 1.40. The van der Waals surface area contributed by atoms with Crippen LogP contribution in [0.25, 0.3) is 11.5 Å². The van der Waals surface area contributed by atoms with E-state index in [-0.39, 0.29) is 16.4 Å². The van der Waals surface area contributed by atoms with Crippen LogP contribution in [-0.4, -0.2) is 22.2 Å². The van der Waals surface area contributed by atoms with Crippen LogP contribution in [0.1, 0.15) is 0 Å². The van der Waals surface area contributed by atoms with Gasteiger partial charge in [0.05, 0.1) is 12.0 Å². The number of anilines is 2. The standard InChI is InChI=1S/C15H12N4O4S/c1-22-11-5-3-10(4-6-11)16-12-7-2-9(8-13(12)19(20)21)14-17-18-15(24)23-14/h2-8,16H,1H3,(H,18,24). The summed E-state index contributed by atoms with van der Waals surface area (Å²) in [5.74, 6) is 0.893. The zero-order chi connectivity index (χ0) is 17.1. The average molecular weight is 344 g/mol. The normalized spacial score (nSPS) is 10.4. The molecule has 2 N–H and O–H groups in total. The molecule has 0 unspecified atom stereocenters.